The predicted molar refractivity (Wildman–Crippen MR) is 67.6 cm³/mol. The van der Waals surface area contributed by atoms with E-state index in [0.29, 0.717) is 44.2 Å². The van der Waals surface area contributed by atoms with Gasteiger partial charge in [-0.2, -0.15) is 0 Å². The molecule has 2 atom stereocenters. The molecule has 2 saturated heterocycles. The molecule has 0 amide bonds. The van der Waals surface area contributed by atoms with E-state index < -0.39 is 0 Å². The van der Waals surface area contributed by atoms with Crippen LogP contribution in [0.25, 0.3) is 0 Å². The molecule has 0 N–H and O–H groups in total. The molecule has 2 aliphatic heterocycles. The van der Waals surface area contributed by atoms with Crippen molar-refractivity contribution in [3.63, 3.8) is 0 Å². The molecule has 0 aromatic rings. The lowest BCUT2D eigenvalue weighted by Crippen LogP contribution is -2.30. The zero-order chi connectivity index (χ0) is 12.8. The lowest BCUT2D eigenvalue weighted by molar-refractivity contribution is -0.129. The largest absolute Gasteiger partial charge is 0.382 e. The van der Waals surface area contributed by atoms with Crippen LogP contribution < -0.4 is 0 Å². The van der Waals surface area contributed by atoms with Gasteiger partial charge in [-0.1, -0.05) is 0 Å². The summed E-state index contributed by atoms with van der Waals surface area (Å²) >= 11 is 0. The first kappa shape index (κ1) is 14.0. The van der Waals surface area contributed by atoms with Crippen molar-refractivity contribution in [3.8, 4) is 0 Å². The number of ketones is 1. The Balaban J connectivity index is 1.57. The van der Waals surface area contributed by atoms with Crippen LogP contribution in [-0.2, 0) is 19.0 Å². The number of Topliss-reactive ketones (excluding diaryl/α,β-unsaturated/α-hetero) is 1. The molecule has 2 rings (SSSR count). The third kappa shape index (κ3) is 4.04. The topological polar surface area (TPSA) is 44.8 Å². The van der Waals surface area contributed by atoms with Crippen molar-refractivity contribution in [2.24, 2.45) is 5.92 Å². The molecule has 2 aliphatic rings. The van der Waals surface area contributed by atoms with E-state index in [1.54, 1.807) is 7.11 Å². The highest BCUT2D eigenvalue weighted by molar-refractivity contribution is 5.81. The van der Waals surface area contributed by atoms with Crippen LogP contribution in [0.5, 0.6) is 0 Å². The monoisotopic (exact) mass is 256 g/mol. The number of carbonyl (C=O) groups excluding carboxylic acids is 1. The number of carbonyl (C=O) groups is 1. The first-order chi connectivity index (χ1) is 8.79. The molecule has 4 nitrogen and oxygen atoms in total. The van der Waals surface area contributed by atoms with E-state index >= 15 is 0 Å². The molecule has 0 spiro atoms. The minimum absolute atomic E-state index is 0.246. The Morgan fingerprint density at radius 3 is 2.56 bits per heavy atom. The van der Waals surface area contributed by atoms with Crippen LogP contribution in [0, 0.1) is 5.92 Å². The summed E-state index contributed by atoms with van der Waals surface area (Å²) in [6.45, 7) is 1.90. The Hall–Kier alpha value is -0.450. The lowest BCUT2D eigenvalue weighted by atomic mass is 9.89. The Morgan fingerprint density at radius 1 is 1.17 bits per heavy atom. The minimum atomic E-state index is 0.246. The van der Waals surface area contributed by atoms with Crippen molar-refractivity contribution in [3.05, 3.63) is 0 Å². The Kier molecular flexibility index (Phi) is 5.60. The first-order valence-corrected chi connectivity index (χ1v) is 7.04. The fraction of sp³-hybridized carbons (Fsp3) is 0.929. The molecule has 104 valence electrons. The summed E-state index contributed by atoms with van der Waals surface area (Å²) in [7, 11) is 1.66. The molecule has 0 radical (unpaired) electrons. The minimum Gasteiger partial charge on any atom is -0.382 e. The number of rotatable bonds is 8. The van der Waals surface area contributed by atoms with E-state index in [1.807, 2.05) is 0 Å². The maximum Gasteiger partial charge on any atom is 0.136 e. The van der Waals surface area contributed by atoms with E-state index in [4.69, 9.17) is 14.2 Å². The SMILES string of the molecule is COCCOCCCC(=O)C1CC2CCC(C1)O2. The molecule has 2 heterocycles. The second-order valence-electron chi connectivity index (χ2n) is 5.30. The summed E-state index contributed by atoms with van der Waals surface area (Å²) in [5.74, 6) is 0.653. The Labute approximate surface area is 109 Å². The maximum atomic E-state index is 12.1. The summed E-state index contributed by atoms with van der Waals surface area (Å²) in [5.41, 5.74) is 0. The average molecular weight is 256 g/mol. The van der Waals surface area contributed by atoms with Gasteiger partial charge < -0.3 is 14.2 Å². The highest BCUT2D eigenvalue weighted by Crippen LogP contribution is 2.36. The number of ether oxygens (including phenoxy) is 3. The van der Waals surface area contributed by atoms with Crippen molar-refractivity contribution in [1.29, 1.82) is 0 Å². The maximum absolute atomic E-state index is 12.1. The Bertz CT molecular complexity index is 255. The van der Waals surface area contributed by atoms with Crippen LogP contribution in [0.3, 0.4) is 0 Å². The van der Waals surface area contributed by atoms with Crippen LogP contribution in [0.15, 0.2) is 0 Å². The zero-order valence-corrected chi connectivity index (χ0v) is 11.2. The van der Waals surface area contributed by atoms with Crippen LogP contribution in [0.4, 0.5) is 0 Å². The number of methoxy groups -OCH3 is 1. The molecule has 18 heavy (non-hydrogen) atoms. The molecular formula is C14H24O4. The molecule has 0 aromatic heterocycles. The van der Waals surface area contributed by atoms with Gasteiger partial charge in [-0.3, -0.25) is 4.79 Å². The van der Waals surface area contributed by atoms with Gasteiger partial charge >= 0.3 is 0 Å². The van der Waals surface area contributed by atoms with Gasteiger partial charge in [0, 0.05) is 26.1 Å². The van der Waals surface area contributed by atoms with E-state index in [2.05, 4.69) is 0 Å². The highest BCUT2D eigenvalue weighted by atomic mass is 16.5. The second kappa shape index (κ2) is 7.22. The van der Waals surface area contributed by atoms with Crippen LogP contribution in [-0.4, -0.2) is 44.9 Å². The van der Waals surface area contributed by atoms with E-state index in [1.165, 1.54) is 0 Å². The number of fused-ring (bicyclic) bond motifs is 2. The van der Waals surface area contributed by atoms with Gasteiger partial charge in [0.15, 0.2) is 0 Å². The van der Waals surface area contributed by atoms with Crippen molar-refractivity contribution in [1.82, 2.24) is 0 Å². The molecule has 2 unspecified atom stereocenters. The average Bonchev–Trinajstić information content (AvgIpc) is 2.72. The zero-order valence-electron chi connectivity index (χ0n) is 11.2. The summed E-state index contributed by atoms with van der Waals surface area (Å²) in [6, 6.07) is 0. The number of hydrogen-bond donors (Lipinski definition) is 0. The fourth-order valence-electron chi connectivity index (χ4n) is 2.92. The molecule has 2 bridgehead atoms. The van der Waals surface area contributed by atoms with Gasteiger partial charge in [0.1, 0.15) is 5.78 Å². The standard InChI is InChI=1S/C14H24O4/c1-16-7-8-17-6-2-3-14(15)11-9-12-4-5-13(10-11)18-12/h11-13H,2-10H2,1H3. The van der Waals surface area contributed by atoms with Gasteiger partial charge in [-0.15, -0.1) is 0 Å². The highest BCUT2D eigenvalue weighted by Gasteiger charge is 2.37. The predicted octanol–water partition coefficient (Wildman–Crippen LogP) is 1.96. The summed E-state index contributed by atoms with van der Waals surface area (Å²) in [6.07, 6.45) is 6.38. The summed E-state index contributed by atoms with van der Waals surface area (Å²) in [5, 5.41) is 0. The molecule has 2 fully saturated rings. The molecular weight excluding hydrogens is 232 g/mol. The molecule has 4 heteroatoms. The Morgan fingerprint density at radius 2 is 1.89 bits per heavy atom. The van der Waals surface area contributed by atoms with Gasteiger partial charge in [-0.25, -0.2) is 0 Å². The van der Waals surface area contributed by atoms with Crippen molar-refractivity contribution in [2.45, 2.75) is 50.7 Å². The number of hydrogen-bond acceptors (Lipinski definition) is 4. The third-order valence-corrected chi connectivity index (χ3v) is 3.89. The van der Waals surface area contributed by atoms with Crippen LogP contribution >= 0.6 is 0 Å². The molecule has 0 saturated carbocycles. The smallest absolute Gasteiger partial charge is 0.136 e. The fourth-order valence-corrected chi connectivity index (χ4v) is 2.92. The van der Waals surface area contributed by atoms with Crippen LogP contribution in [0.2, 0.25) is 0 Å². The van der Waals surface area contributed by atoms with E-state index in [9.17, 15) is 4.79 Å². The lowest BCUT2D eigenvalue weighted by Gasteiger charge is -2.27. The van der Waals surface area contributed by atoms with Crippen LogP contribution in [0.1, 0.15) is 38.5 Å². The second-order valence-corrected chi connectivity index (χ2v) is 5.30. The summed E-state index contributed by atoms with van der Waals surface area (Å²) in [4.78, 5) is 12.1. The molecule has 0 aliphatic carbocycles. The van der Waals surface area contributed by atoms with E-state index in [0.717, 1.165) is 32.1 Å². The summed E-state index contributed by atoms with van der Waals surface area (Å²) < 4.78 is 16.0. The third-order valence-electron chi connectivity index (χ3n) is 3.89. The van der Waals surface area contributed by atoms with Gasteiger partial charge in [0.2, 0.25) is 0 Å². The van der Waals surface area contributed by atoms with Gasteiger partial charge in [0.25, 0.3) is 0 Å². The van der Waals surface area contributed by atoms with Crippen molar-refractivity contribution < 1.29 is 19.0 Å². The van der Waals surface area contributed by atoms with Gasteiger partial charge in [-0.05, 0) is 32.1 Å². The first-order valence-electron chi connectivity index (χ1n) is 7.04. The normalized spacial score (nSPS) is 30.6. The van der Waals surface area contributed by atoms with Crippen molar-refractivity contribution >= 4 is 5.78 Å². The van der Waals surface area contributed by atoms with Gasteiger partial charge in [0.05, 0.1) is 25.4 Å². The molecule has 0 aromatic carbocycles. The van der Waals surface area contributed by atoms with E-state index in [-0.39, 0.29) is 5.92 Å². The van der Waals surface area contributed by atoms with Crippen molar-refractivity contribution in [2.75, 3.05) is 26.9 Å². The quantitative estimate of drug-likeness (QED) is 0.623.